The van der Waals surface area contributed by atoms with Crippen LogP contribution in [0.3, 0.4) is 0 Å². The van der Waals surface area contributed by atoms with E-state index < -0.39 is 0 Å². The second-order valence-corrected chi connectivity index (χ2v) is 3.47. The summed E-state index contributed by atoms with van der Waals surface area (Å²) in [5, 5.41) is 8.64. The molecule has 0 radical (unpaired) electrons. The minimum Gasteiger partial charge on any atom is -0.235 e. The second kappa shape index (κ2) is 2.54. The van der Waals surface area contributed by atoms with Gasteiger partial charge in [-0.1, -0.05) is 4.74 Å². The molecule has 0 spiro atoms. The van der Waals surface area contributed by atoms with Gasteiger partial charge in [-0.05, 0) is 24.3 Å². The van der Waals surface area contributed by atoms with Gasteiger partial charge in [0, 0.05) is 12.4 Å². The van der Waals surface area contributed by atoms with Crippen molar-refractivity contribution in [2.45, 2.75) is 0 Å². The van der Waals surface area contributed by atoms with E-state index >= 15 is 0 Å². The zero-order valence-corrected chi connectivity index (χ0v) is 8.15. The molecule has 0 aliphatic rings. The fourth-order valence-corrected chi connectivity index (χ4v) is 1.83. The average Bonchev–Trinajstić information content (AvgIpc) is 2.83. The Labute approximate surface area is 89.1 Å². The Bertz CT molecular complexity index is 746. The SMILES string of the molecule is c1cnc2c(c1)nn1[n-]c3cccnc3[n+]21. The van der Waals surface area contributed by atoms with E-state index in [1.165, 1.54) is 4.74 Å². The lowest BCUT2D eigenvalue weighted by molar-refractivity contribution is -0.577. The van der Waals surface area contributed by atoms with Gasteiger partial charge < -0.3 is 0 Å². The van der Waals surface area contributed by atoms with Crippen LogP contribution in [0.1, 0.15) is 0 Å². The van der Waals surface area contributed by atoms with Crippen LogP contribution < -0.4 is 9.61 Å². The molecule has 0 N–H and O–H groups in total. The molecule has 4 rings (SSSR count). The first-order valence-corrected chi connectivity index (χ1v) is 4.87. The molecule has 6 nitrogen and oxygen atoms in total. The Kier molecular flexibility index (Phi) is 1.23. The number of hydrogen-bond donors (Lipinski definition) is 0. The van der Waals surface area contributed by atoms with Crippen LogP contribution in [-0.2, 0) is 0 Å². The second-order valence-electron chi connectivity index (χ2n) is 3.47. The van der Waals surface area contributed by atoms with Gasteiger partial charge in [-0.15, -0.1) is 10.2 Å². The van der Waals surface area contributed by atoms with Crippen LogP contribution in [0.25, 0.3) is 22.3 Å². The number of hydrogen-bond acceptors (Lipinski definition) is 3. The molecule has 16 heavy (non-hydrogen) atoms. The Morgan fingerprint density at radius 2 is 1.88 bits per heavy atom. The predicted molar refractivity (Wildman–Crippen MR) is 54.8 cm³/mol. The van der Waals surface area contributed by atoms with Crippen molar-refractivity contribution in [1.29, 1.82) is 0 Å². The van der Waals surface area contributed by atoms with Crippen molar-refractivity contribution in [1.82, 2.24) is 24.9 Å². The fraction of sp³-hybridized carbons (Fsp3) is 0. The normalized spacial score (nSPS) is 11.8. The monoisotopic (exact) mass is 210 g/mol. The highest BCUT2D eigenvalue weighted by Gasteiger charge is 2.11. The summed E-state index contributed by atoms with van der Waals surface area (Å²) >= 11 is 0. The summed E-state index contributed by atoms with van der Waals surface area (Å²) in [5.74, 6) is 0. The van der Waals surface area contributed by atoms with Gasteiger partial charge in [-0.2, -0.15) is 4.52 Å². The van der Waals surface area contributed by atoms with Crippen LogP contribution in [0.15, 0.2) is 36.7 Å². The molecular formula is C10H6N6. The maximum Gasteiger partial charge on any atom is 0.185 e. The summed E-state index contributed by atoms with van der Waals surface area (Å²) in [5.41, 5.74) is 3.15. The molecule has 0 aliphatic carbocycles. The minimum atomic E-state index is 0.767. The van der Waals surface area contributed by atoms with Crippen LogP contribution in [-0.4, -0.2) is 19.8 Å². The Morgan fingerprint density at radius 1 is 1.06 bits per heavy atom. The number of nitrogens with zero attached hydrogens (tertiary/aromatic N) is 6. The molecule has 0 bridgehead atoms. The van der Waals surface area contributed by atoms with E-state index in [1.54, 1.807) is 16.9 Å². The molecule has 0 aromatic carbocycles. The van der Waals surface area contributed by atoms with E-state index in [0.717, 1.165) is 22.3 Å². The van der Waals surface area contributed by atoms with Crippen molar-refractivity contribution in [2.75, 3.05) is 0 Å². The van der Waals surface area contributed by atoms with E-state index in [0.29, 0.717) is 0 Å². The third-order valence-electron chi connectivity index (χ3n) is 2.51. The van der Waals surface area contributed by atoms with Crippen LogP contribution in [0, 0.1) is 0 Å². The van der Waals surface area contributed by atoms with Gasteiger partial charge in [0.25, 0.3) is 0 Å². The highest BCUT2D eigenvalue weighted by Crippen LogP contribution is 2.06. The Balaban J connectivity index is 2.38. The van der Waals surface area contributed by atoms with Crippen molar-refractivity contribution in [3.63, 3.8) is 0 Å². The molecule has 76 valence electrons. The molecule has 0 aliphatic heterocycles. The number of aromatic nitrogens is 6. The summed E-state index contributed by atoms with van der Waals surface area (Å²) in [6.07, 6.45) is 3.47. The average molecular weight is 210 g/mol. The molecule has 4 heterocycles. The highest BCUT2D eigenvalue weighted by molar-refractivity contribution is 5.70. The summed E-state index contributed by atoms with van der Waals surface area (Å²) in [7, 11) is 0. The van der Waals surface area contributed by atoms with E-state index in [4.69, 9.17) is 0 Å². The van der Waals surface area contributed by atoms with Crippen molar-refractivity contribution in [3.8, 4) is 0 Å². The molecule has 0 unspecified atom stereocenters. The topological polar surface area (TPSA) is 61.3 Å². The van der Waals surface area contributed by atoms with E-state index in [-0.39, 0.29) is 0 Å². The largest absolute Gasteiger partial charge is 0.235 e. The first-order valence-electron chi connectivity index (χ1n) is 4.87. The molecule has 0 saturated carbocycles. The smallest absolute Gasteiger partial charge is 0.185 e. The van der Waals surface area contributed by atoms with Crippen LogP contribution in [0.5, 0.6) is 0 Å². The van der Waals surface area contributed by atoms with E-state index in [9.17, 15) is 0 Å². The lowest BCUT2D eigenvalue weighted by Gasteiger charge is -1.88. The minimum absolute atomic E-state index is 0.767. The Morgan fingerprint density at radius 3 is 2.81 bits per heavy atom. The van der Waals surface area contributed by atoms with Gasteiger partial charge in [0.15, 0.2) is 11.3 Å². The van der Waals surface area contributed by atoms with Gasteiger partial charge in [-0.3, -0.25) is 0 Å². The number of fused-ring (bicyclic) bond motifs is 5. The first-order chi connectivity index (χ1) is 7.93. The maximum absolute atomic E-state index is 4.32. The third kappa shape index (κ3) is 0.813. The van der Waals surface area contributed by atoms with E-state index in [2.05, 4.69) is 20.2 Å². The summed E-state index contributed by atoms with van der Waals surface area (Å²) in [6.45, 7) is 0. The fourth-order valence-electron chi connectivity index (χ4n) is 1.83. The maximum atomic E-state index is 4.32. The van der Waals surface area contributed by atoms with Gasteiger partial charge in [0.05, 0.1) is 0 Å². The van der Waals surface area contributed by atoms with Gasteiger partial charge in [0.2, 0.25) is 0 Å². The predicted octanol–water partition coefficient (Wildman–Crippen LogP) is -0.0266. The lowest BCUT2D eigenvalue weighted by atomic mass is 10.4. The molecule has 0 saturated heterocycles. The van der Waals surface area contributed by atoms with Crippen molar-refractivity contribution in [2.24, 2.45) is 0 Å². The number of pyridine rings is 2. The first kappa shape index (κ1) is 7.75. The van der Waals surface area contributed by atoms with Crippen molar-refractivity contribution in [3.05, 3.63) is 36.7 Å². The van der Waals surface area contributed by atoms with Gasteiger partial charge >= 0.3 is 0 Å². The molecule has 0 atom stereocenters. The standard InChI is InChI=1S/C10H6N6/c1-3-7-9(11-5-1)15-10-8(4-2-6-12-10)14-16(15)13-7/h1-6H. The van der Waals surface area contributed by atoms with Gasteiger partial charge in [0.1, 0.15) is 11.0 Å². The molecule has 6 heteroatoms. The van der Waals surface area contributed by atoms with Crippen LogP contribution >= 0.6 is 0 Å². The van der Waals surface area contributed by atoms with Crippen LogP contribution in [0.2, 0.25) is 0 Å². The molecule has 0 amide bonds. The molecule has 4 aromatic rings. The quantitative estimate of drug-likeness (QED) is 0.382. The van der Waals surface area contributed by atoms with Crippen molar-refractivity contribution >= 4 is 22.3 Å². The van der Waals surface area contributed by atoms with Crippen LogP contribution in [0.4, 0.5) is 0 Å². The van der Waals surface area contributed by atoms with Crippen molar-refractivity contribution < 1.29 is 4.52 Å². The zero-order chi connectivity index (χ0) is 10.5. The summed E-state index contributed by atoms with van der Waals surface area (Å²) in [6, 6.07) is 7.51. The molecule has 0 fully saturated rings. The zero-order valence-electron chi connectivity index (χ0n) is 8.15. The number of rotatable bonds is 0. The Hall–Kier alpha value is -2.50. The molecular weight excluding hydrogens is 204 g/mol. The van der Waals surface area contributed by atoms with Gasteiger partial charge in [-0.25, -0.2) is 9.97 Å². The third-order valence-corrected chi connectivity index (χ3v) is 2.51. The summed E-state index contributed by atoms with van der Waals surface area (Å²) < 4.78 is 3.32. The molecule has 4 aromatic heterocycles. The summed E-state index contributed by atoms with van der Waals surface area (Å²) in [4.78, 5) is 8.58. The highest BCUT2D eigenvalue weighted by atomic mass is 15.6. The van der Waals surface area contributed by atoms with E-state index in [1.807, 2.05) is 24.3 Å². The lowest BCUT2D eigenvalue weighted by Crippen LogP contribution is -2.28.